The number of hydrazone groups is 1. The Morgan fingerprint density at radius 3 is 2.46 bits per heavy atom. The van der Waals surface area contributed by atoms with E-state index < -0.39 is 5.91 Å². The third-order valence-electron chi connectivity index (χ3n) is 5.18. The van der Waals surface area contributed by atoms with Crippen LogP contribution in [-0.2, 0) is 4.79 Å². The van der Waals surface area contributed by atoms with Crippen LogP contribution in [0, 0.1) is 19.3 Å². The van der Waals surface area contributed by atoms with E-state index in [9.17, 15) is 4.79 Å². The number of ether oxygens (including phenoxy) is 3. The zero-order chi connectivity index (χ0) is 24.9. The summed E-state index contributed by atoms with van der Waals surface area (Å²) in [6, 6.07) is 11.5. The normalized spacial score (nSPS) is 16.2. The van der Waals surface area contributed by atoms with Crippen LogP contribution in [0.1, 0.15) is 37.0 Å². The molecule has 4 rings (SSSR count). The van der Waals surface area contributed by atoms with E-state index in [0.29, 0.717) is 42.1 Å². The lowest BCUT2D eigenvalue weighted by atomic mass is 10.1. The first-order valence-corrected chi connectivity index (χ1v) is 12.3. The van der Waals surface area contributed by atoms with E-state index in [1.54, 1.807) is 18.2 Å². The van der Waals surface area contributed by atoms with E-state index in [0.717, 1.165) is 28.3 Å². The van der Waals surface area contributed by atoms with Crippen LogP contribution < -0.4 is 14.2 Å². The van der Waals surface area contributed by atoms with Crippen molar-refractivity contribution in [3.8, 4) is 17.2 Å². The number of hydrogen-bond acceptors (Lipinski definition) is 7. The first-order valence-electron chi connectivity index (χ1n) is 11.5. The summed E-state index contributed by atoms with van der Waals surface area (Å²) < 4.78 is 17.5. The van der Waals surface area contributed by atoms with E-state index in [2.05, 4.69) is 16.2 Å². The molecule has 1 N–H and O–H groups in total. The number of carbonyl (C=O) groups excluding carboxylic acids is 1. The van der Waals surface area contributed by atoms with Gasteiger partial charge >= 0.3 is 0 Å². The molecule has 0 bridgehead atoms. The molecular formula is C26H28N4O4S. The molecule has 35 heavy (non-hydrogen) atoms. The first-order chi connectivity index (χ1) is 16.9. The van der Waals surface area contributed by atoms with Gasteiger partial charge in [-0.2, -0.15) is 15.1 Å². The fourth-order valence-electron chi connectivity index (χ4n) is 3.67. The summed E-state index contributed by atoms with van der Waals surface area (Å²) in [5, 5.41) is 15.5. The smallest absolute Gasteiger partial charge is 0.283 e. The zero-order valence-corrected chi connectivity index (χ0v) is 21.1. The van der Waals surface area contributed by atoms with Gasteiger partial charge in [0.25, 0.3) is 5.91 Å². The predicted molar refractivity (Wildman–Crippen MR) is 140 cm³/mol. The van der Waals surface area contributed by atoms with Gasteiger partial charge < -0.3 is 14.2 Å². The molecule has 2 heterocycles. The number of carbonyl (C=O) groups is 1. The molecule has 0 unspecified atom stereocenters. The summed E-state index contributed by atoms with van der Waals surface area (Å²) >= 11 is 1.32. The highest BCUT2D eigenvalue weighted by Crippen LogP contribution is 2.32. The lowest BCUT2D eigenvalue weighted by molar-refractivity contribution is -0.114. The number of benzene rings is 2. The third-order valence-corrected chi connectivity index (χ3v) is 6.23. The summed E-state index contributed by atoms with van der Waals surface area (Å²) in [5.41, 5.74) is 3.17. The van der Waals surface area contributed by atoms with Gasteiger partial charge in [-0.3, -0.25) is 10.2 Å². The second kappa shape index (κ2) is 10.8. The number of aliphatic imine (C=N–C) groups is 1. The molecule has 2 aromatic carbocycles. The van der Waals surface area contributed by atoms with Crippen molar-refractivity contribution in [3.05, 3.63) is 58.7 Å². The Bertz CT molecular complexity index is 1230. The predicted octanol–water partition coefficient (Wildman–Crippen LogP) is 5.19. The maximum Gasteiger partial charge on any atom is 0.283 e. The number of fused-ring (bicyclic) bond motifs is 1. The van der Waals surface area contributed by atoms with Crippen molar-refractivity contribution in [1.29, 1.82) is 5.41 Å². The summed E-state index contributed by atoms with van der Waals surface area (Å²) in [5.74, 6) is 1.50. The Balaban J connectivity index is 1.46. The zero-order valence-electron chi connectivity index (χ0n) is 20.3. The van der Waals surface area contributed by atoms with Crippen LogP contribution in [0.5, 0.6) is 17.2 Å². The van der Waals surface area contributed by atoms with Gasteiger partial charge in [0, 0.05) is 0 Å². The minimum atomic E-state index is -0.455. The van der Waals surface area contributed by atoms with E-state index in [-0.39, 0.29) is 11.4 Å². The maximum atomic E-state index is 12.6. The van der Waals surface area contributed by atoms with Crippen LogP contribution in [0.25, 0.3) is 6.08 Å². The van der Waals surface area contributed by atoms with Crippen LogP contribution in [-0.4, -0.2) is 46.8 Å². The number of thioether (sulfide) groups is 1. The average molecular weight is 493 g/mol. The molecule has 0 radical (unpaired) electrons. The van der Waals surface area contributed by atoms with Gasteiger partial charge in [-0.15, -0.1) is 0 Å². The van der Waals surface area contributed by atoms with E-state index in [1.165, 1.54) is 16.8 Å². The Hall–Kier alpha value is -3.59. The number of rotatable bonds is 9. The molecule has 182 valence electrons. The molecule has 2 aliphatic rings. The van der Waals surface area contributed by atoms with Gasteiger partial charge in [0.1, 0.15) is 24.0 Å². The average Bonchev–Trinajstić information content (AvgIpc) is 3.23. The van der Waals surface area contributed by atoms with Crippen molar-refractivity contribution in [1.82, 2.24) is 5.01 Å². The van der Waals surface area contributed by atoms with Crippen molar-refractivity contribution in [3.63, 3.8) is 0 Å². The van der Waals surface area contributed by atoms with Gasteiger partial charge in [-0.05, 0) is 86.0 Å². The van der Waals surface area contributed by atoms with Gasteiger partial charge in [-0.25, -0.2) is 0 Å². The Morgan fingerprint density at radius 2 is 1.74 bits per heavy atom. The fraction of sp³-hybridized carbons (Fsp3) is 0.308. The number of nitrogens with zero attached hydrogens (tertiary/aromatic N) is 3. The number of hydrogen-bond donors (Lipinski definition) is 1. The molecule has 8 nitrogen and oxygen atoms in total. The molecule has 2 aromatic rings. The topological polar surface area (TPSA) is 96.6 Å². The van der Waals surface area contributed by atoms with E-state index in [4.69, 9.17) is 19.6 Å². The highest BCUT2D eigenvalue weighted by Gasteiger charge is 2.35. The van der Waals surface area contributed by atoms with Crippen molar-refractivity contribution >= 4 is 39.8 Å². The van der Waals surface area contributed by atoms with Crippen LogP contribution >= 0.6 is 11.8 Å². The van der Waals surface area contributed by atoms with Gasteiger partial charge in [0.15, 0.2) is 17.3 Å². The quantitative estimate of drug-likeness (QED) is 0.382. The van der Waals surface area contributed by atoms with Crippen LogP contribution in [0.15, 0.2) is 52.1 Å². The maximum absolute atomic E-state index is 12.6. The highest BCUT2D eigenvalue weighted by molar-refractivity contribution is 8.26. The molecule has 2 aliphatic heterocycles. The number of amidine groups is 2. The lowest BCUT2D eigenvalue weighted by Crippen LogP contribution is -2.35. The van der Waals surface area contributed by atoms with Crippen molar-refractivity contribution in [2.45, 2.75) is 34.1 Å². The fourth-order valence-corrected chi connectivity index (χ4v) is 4.50. The van der Waals surface area contributed by atoms with Crippen LogP contribution in [0.4, 0.5) is 0 Å². The minimum Gasteiger partial charge on any atom is -0.490 e. The largest absolute Gasteiger partial charge is 0.490 e. The molecular weight excluding hydrogens is 464 g/mol. The van der Waals surface area contributed by atoms with Gasteiger partial charge in [0.05, 0.1) is 12.2 Å². The lowest BCUT2D eigenvalue weighted by Gasteiger charge is -2.20. The standard InChI is InChI=1S/C26H28N4O4S/c1-5-23-29-30-24(27)20(25(31)28-26(30)35-23)14-18-7-8-21(22(15-18)32-6-2)34-10-9-33-19-12-16(3)11-17(4)13-19/h7-8,11-15,27H,5-6,9-10H2,1-4H3/b20-14+,27-24?. The molecule has 0 aliphatic carbocycles. The van der Waals surface area contributed by atoms with Crippen molar-refractivity contribution in [2.75, 3.05) is 19.8 Å². The Labute approximate surface area is 209 Å². The molecule has 9 heteroatoms. The number of nitrogens with one attached hydrogen (secondary N) is 1. The molecule has 0 saturated heterocycles. The van der Waals surface area contributed by atoms with Gasteiger partial charge in [0.2, 0.25) is 5.17 Å². The van der Waals surface area contributed by atoms with E-state index >= 15 is 0 Å². The molecule has 0 atom stereocenters. The molecule has 1 amide bonds. The van der Waals surface area contributed by atoms with Crippen molar-refractivity contribution in [2.24, 2.45) is 10.1 Å². The Kier molecular flexibility index (Phi) is 7.55. The van der Waals surface area contributed by atoms with Crippen LogP contribution in [0.2, 0.25) is 0 Å². The molecule has 0 spiro atoms. The second-order valence-corrected chi connectivity index (χ2v) is 9.07. The molecule has 0 fully saturated rings. The number of amides is 1. The summed E-state index contributed by atoms with van der Waals surface area (Å²) in [4.78, 5) is 16.7. The SMILES string of the molecule is CCOc1cc(/C=C2\C(=N)N3N=C(CC)SC3=NC2=O)ccc1OCCOc1cc(C)cc(C)c1. The minimum absolute atomic E-state index is 0.0118. The molecule has 0 saturated carbocycles. The summed E-state index contributed by atoms with van der Waals surface area (Å²) in [7, 11) is 0. The monoisotopic (exact) mass is 492 g/mol. The third kappa shape index (κ3) is 5.74. The molecule has 0 aromatic heterocycles. The highest BCUT2D eigenvalue weighted by atomic mass is 32.2. The summed E-state index contributed by atoms with van der Waals surface area (Å²) in [6.45, 7) is 9.13. The Morgan fingerprint density at radius 1 is 1.00 bits per heavy atom. The van der Waals surface area contributed by atoms with E-state index in [1.807, 2.05) is 45.9 Å². The number of aryl methyl sites for hydroxylation is 2. The van der Waals surface area contributed by atoms with Gasteiger partial charge in [-0.1, -0.05) is 19.1 Å². The second-order valence-electron chi connectivity index (χ2n) is 8.03. The first kappa shape index (κ1) is 24.5. The van der Waals surface area contributed by atoms with Crippen molar-refractivity contribution < 1.29 is 19.0 Å². The van der Waals surface area contributed by atoms with Crippen LogP contribution in [0.3, 0.4) is 0 Å². The summed E-state index contributed by atoms with van der Waals surface area (Å²) in [6.07, 6.45) is 2.35.